The predicted octanol–water partition coefficient (Wildman–Crippen LogP) is 3.35. The fourth-order valence-electron chi connectivity index (χ4n) is 2.17. The van der Waals surface area contributed by atoms with E-state index in [-0.39, 0.29) is 13.2 Å². The Labute approximate surface area is 137 Å². The highest BCUT2D eigenvalue weighted by Crippen LogP contribution is 2.26. The number of benzene rings is 2. The Morgan fingerprint density at radius 3 is 2.54 bits per heavy atom. The fraction of sp³-hybridized carbons (Fsp3) is 0.235. The molecule has 0 N–H and O–H groups in total. The van der Waals surface area contributed by atoms with Crippen LogP contribution >= 0.6 is 0 Å². The van der Waals surface area contributed by atoms with Gasteiger partial charge in [0.2, 0.25) is 0 Å². The molecule has 0 fully saturated rings. The first-order valence-corrected chi connectivity index (χ1v) is 7.28. The predicted molar refractivity (Wildman–Crippen MR) is 84.2 cm³/mol. The minimum absolute atomic E-state index is 0.241. The van der Waals surface area contributed by atoms with Gasteiger partial charge in [-0.1, -0.05) is 42.5 Å². The summed E-state index contributed by atoms with van der Waals surface area (Å²) in [5.41, 5.74) is 1.65. The van der Waals surface area contributed by atoms with Crippen molar-refractivity contribution >= 4 is 5.97 Å². The molecule has 6 nitrogen and oxygen atoms in total. The lowest BCUT2D eigenvalue weighted by atomic mass is 9.97. The van der Waals surface area contributed by atoms with Crippen LogP contribution in [0.2, 0.25) is 0 Å². The van der Waals surface area contributed by atoms with Crippen molar-refractivity contribution in [3.05, 3.63) is 70.0 Å². The van der Waals surface area contributed by atoms with Gasteiger partial charge in [-0.3, -0.25) is 4.79 Å². The van der Waals surface area contributed by atoms with Crippen molar-refractivity contribution in [2.75, 3.05) is 13.2 Å². The number of hydrogen-bond acceptors (Lipinski definition) is 5. The smallest absolute Gasteiger partial charge is 0.313 e. The first-order chi connectivity index (χ1) is 11.5. The minimum Gasteiger partial charge on any atom is -0.463 e. The Kier molecular flexibility index (Phi) is 5.83. The Balaban J connectivity index is 2.02. The standard InChI is InChI=1S/C17H16FNO5/c1-12(17(20)23-9-10-24-19(21)22)14-7-8-15(16(18)11-14)13-5-3-2-4-6-13/h2-8,11-12H,9-10H2,1H3/t12-/m0/s1. The highest BCUT2D eigenvalue weighted by molar-refractivity contribution is 5.78. The van der Waals surface area contributed by atoms with Gasteiger partial charge >= 0.3 is 5.97 Å². The zero-order chi connectivity index (χ0) is 17.5. The van der Waals surface area contributed by atoms with Crippen molar-refractivity contribution < 1.29 is 23.8 Å². The molecule has 0 aliphatic rings. The number of ether oxygens (including phenoxy) is 1. The molecule has 0 amide bonds. The Morgan fingerprint density at radius 2 is 1.92 bits per heavy atom. The lowest BCUT2D eigenvalue weighted by molar-refractivity contribution is -0.757. The maximum Gasteiger partial charge on any atom is 0.313 e. The van der Waals surface area contributed by atoms with E-state index >= 15 is 0 Å². The van der Waals surface area contributed by atoms with Gasteiger partial charge in [0, 0.05) is 5.56 Å². The highest BCUT2D eigenvalue weighted by atomic mass is 19.1. The van der Waals surface area contributed by atoms with Crippen molar-refractivity contribution in [2.45, 2.75) is 12.8 Å². The molecule has 0 saturated carbocycles. The molecule has 0 aliphatic carbocycles. The van der Waals surface area contributed by atoms with E-state index < -0.39 is 22.8 Å². The summed E-state index contributed by atoms with van der Waals surface area (Å²) in [7, 11) is 0. The molecule has 0 aliphatic heterocycles. The quantitative estimate of drug-likeness (QED) is 0.336. The lowest BCUT2D eigenvalue weighted by Gasteiger charge is -2.13. The van der Waals surface area contributed by atoms with E-state index in [2.05, 4.69) is 4.84 Å². The zero-order valence-corrected chi connectivity index (χ0v) is 13.0. The van der Waals surface area contributed by atoms with Gasteiger partial charge in [-0.15, -0.1) is 10.1 Å². The second kappa shape index (κ2) is 8.05. The number of carbonyl (C=O) groups excluding carboxylic acids is 1. The molecule has 2 aromatic rings. The van der Waals surface area contributed by atoms with E-state index in [0.29, 0.717) is 11.1 Å². The molecule has 0 spiro atoms. The number of rotatable bonds is 7. The summed E-state index contributed by atoms with van der Waals surface area (Å²) in [5, 5.41) is 9.02. The minimum atomic E-state index is -0.963. The van der Waals surface area contributed by atoms with Gasteiger partial charge < -0.3 is 9.57 Å². The van der Waals surface area contributed by atoms with Crippen LogP contribution in [0.15, 0.2) is 48.5 Å². The number of nitrogens with zero attached hydrogens (tertiary/aromatic N) is 1. The molecule has 0 heterocycles. The van der Waals surface area contributed by atoms with E-state index in [1.165, 1.54) is 6.07 Å². The van der Waals surface area contributed by atoms with Crippen LogP contribution in [0.1, 0.15) is 18.4 Å². The maximum atomic E-state index is 14.3. The van der Waals surface area contributed by atoms with Crippen molar-refractivity contribution in [3.63, 3.8) is 0 Å². The van der Waals surface area contributed by atoms with Gasteiger partial charge in [-0.2, -0.15) is 0 Å². The summed E-state index contributed by atoms with van der Waals surface area (Å²) < 4.78 is 19.2. The molecule has 2 aromatic carbocycles. The van der Waals surface area contributed by atoms with E-state index in [9.17, 15) is 19.3 Å². The molecule has 0 aromatic heterocycles. The van der Waals surface area contributed by atoms with Crippen LogP contribution in [0.25, 0.3) is 11.1 Å². The van der Waals surface area contributed by atoms with Crippen molar-refractivity contribution in [3.8, 4) is 11.1 Å². The zero-order valence-electron chi connectivity index (χ0n) is 13.0. The third-order valence-corrected chi connectivity index (χ3v) is 3.46. The van der Waals surface area contributed by atoms with E-state index in [1.807, 2.05) is 18.2 Å². The maximum absolute atomic E-state index is 14.3. The average molecular weight is 333 g/mol. The second-order valence-electron chi connectivity index (χ2n) is 5.05. The van der Waals surface area contributed by atoms with E-state index in [4.69, 9.17) is 4.74 Å². The lowest BCUT2D eigenvalue weighted by Crippen LogP contribution is -2.17. The largest absolute Gasteiger partial charge is 0.463 e. The van der Waals surface area contributed by atoms with Crippen LogP contribution in [-0.4, -0.2) is 24.3 Å². The van der Waals surface area contributed by atoms with Crippen molar-refractivity contribution in [2.24, 2.45) is 0 Å². The van der Waals surface area contributed by atoms with Crippen LogP contribution in [0.5, 0.6) is 0 Å². The number of carbonyl (C=O) groups is 1. The third-order valence-electron chi connectivity index (χ3n) is 3.46. The van der Waals surface area contributed by atoms with Gasteiger partial charge in [0.05, 0.1) is 5.92 Å². The van der Waals surface area contributed by atoms with Crippen LogP contribution in [-0.2, 0) is 14.4 Å². The second-order valence-corrected chi connectivity index (χ2v) is 5.05. The first kappa shape index (κ1) is 17.4. The summed E-state index contributed by atoms with van der Waals surface area (Å²) in [5.74, 6) is -1.73. The van der Waals surface area contributed by atoms with Gasteiger partial charge in [0.25, 0.3) is 5.09 Å². The van der Waals surface area contributed by atoms with Crippen LogP contribution < -0.4 is 0 Å². The van der Waals surface area contributed by atoms with Gasteiger partial charge in [0.1, 0.15) is 19.0 Å². The third kappa shape index (κ3) is 4.52. The molecule has 24 heavy (non-hydrogen) atoms. The molecule has 0 unspecified atom stereocenters. The Morgan fingerprint density at radius 1 is 1.21 bits per heavy atom. The molecule has 1 atom stereocenters. The topological polar surface area (TPSA) is 78.7 Å². The summed E-state index contributed by atoms with van der Waals surface area (Å²) in [4.78, 5) is 25.9. The Hall–Kier alpha value is -2.96. The van der Waals surface area contributed by atoms with Crippen LogP contribution in [0.3, 0.4) is 0 Å². The number of hydrogen-bond donors (Lipinski definition) is 0. The summed E-state index contributed by atoms with van der Waals surface area (Å²) in [6.07, 6.45) is 0. The molecular weight excluding hydrogens is 317 g/mol. The van der Waals surface area contributed by atoms with Crippen LogP contribution in [0, 0.1) is 15.9 Å². The van der Waals surface area contributed by atoms with E-state index in [1.54, 1.807) is 31.2 Å². The van der Waals surface area contributed by atoms with Crippen molar-refractivity contribution in [1.29, 1.82) is 0 Å². The molecule has 2 rings (SSSR count). The molecular formula is C17H16FNO5. The number of halogens is 1. The molecule has 0 radical (unpaired) electrons. The summed E-state index contributed by atoms with van der Waals surface area (Å²) in [6.45, 7) is 0.995. The number of esters is 1. The molecule has 0 bridgehead atoms. The molecule has 0 saturated heterocycles. The molecule has 126 valence electrons. The molecule has 7 heteroatoms. The summed E-state index contributed by atoms with van der Waals surface area (Å²) in [6, 6.07) is 13.6. The van der Waals surface area contributed by atoms with Gasteiger partial charge in [-0.25, -0.2) is 4.39 Å². The SMILES string of the molecule is C[C@H](C(=O)OCCO[N+](=O)[O-])c1ccc(-c2ccccc2)c(F)c1. The van der Waals surface area contributed by atoms with E-state index in [0.717, 1.165) is 5.56 Å². The normalized spacial score (nSPS) is 11.6. The average Bonchev–Trinajstić information content (AvgIpc) is 2.58. The van der Waals surface area contributed by atoms with Crippen LogP contribution in [0.4, 0.5) is 4.39 Å². The monoisotopic (exact) mass is 333 g/mol. The van der Waals surface area contributed by atoms with Gasteiger partial charge in [-0.05, 0) is 24.1 Å². The Bertz CT molecular complexity index is 720. The van der Waals surface area contributed by atoms with Crippen molar-refractivity contribution in [1.82, 2.24) is 0 Å². The first-order valence-electron chi connectivity index (χ1n) is 7.28. The summed E-state index contributed by atoms with van der Waals surface area (Å²) >= 11 is 0. The highest BCUT2D eigenvalue weighted by Gasteiger charge is 2.18. The van der Waals surface area contributed by atoms with Gasteiger partial charge in [0.15, 0.2) is 0 Å². The fourth-order valence-corrected chi connectivity index (χ4v) is 2.17.